The summed E-state index contributed by atoms with van der Waals surface area (Å²) in [5, 5.41) is -0.191. The van der Waals surface area contributed by atoms with Crippen LogP contribution in [-0.4, -0.2) is 19.9 Å². The lowest BCUT2D eigenvalue weighted by molar-refractivity contribution is 0.568. The van der Waals surface area contributed by atoms with Gasteiger partial charge in [0.15, 0.2) is 9.84 Å². The SMILES string of the molecule is CCC(C)c1ccc(C(Cl)C2CCS(=O)(=O)C2)cc1. The molecule has 1 aliphatic rings. The van der Waals surface area contributed by atoms with E-state index in [-0.39, 0.29) is 22.8 Å². The zero-order valence-electron chi connectivity index (χ0n) is 11.5. The fraction of sp³-hybridized carbons (Fsp3) is 0.600. The number of rotatable bonds is 4. The van der Waals surface area contributed by atoms with Gasteiger partial charge < -0.3 is 0 Å². The summed E-state index contributed by atoms with van der Waals surface area (Å²) >= 11 is 6.44. The highest BCUT2D eigenvalue weighted by atomic mass is 35.5. The average molecular weight is 301 g/mol. The molecule has 1 aliphatic heterocycles. The number of hydrogen-bond donors (Lipinski definition) is 0. The Morgan fingerprint density at radius 3 is 2.32 bits per heavy atom. The van der Waals surface area contributed by atoms with E-state index in [0.717, 1.165) is 12.0 Å². The molecule has 0 N–H and O–H groups in total. The summed E-state index contributed by atoms with van der Waals surface area (Å²) < 4.78 is 23.0. The van der Waals surface area contributed by atoms with Crippen molar-refractivity contribution in [2.75, 3.05) is 11.5 Å². The molecule has 3 atom stereocenters. The molecule has 0 saturated carbocycles. The van der Waals surface area contributed by atoms with Gasteiger partial charge >= 0.3 is 0 Å². The van der Waals surface area contributed by atoms with Crippen molar-refractivity contribution in [2.45, 2.75) is 38.0 Å². The van der Waals surface area contributed by atoms with Gasteiger partial charge in [-0.05, 0) is 35.8 Å². The maximum Gasteiger partial charge on any atom is 0.150 e. The van der Waals surface area contributed by atoms with Crippen LogP contribution in [0.4, 0.5) is 0 Å². The minimum Gasteiger partial charge on any atom is -0.229 e. The Hall–Kier alpha value is -0.540. The van der Waals surface area contributed by atoms with Gasteiger partial charge in [0, 0.05) is 0 Å². The Morgan fingerprint density at radius 2 is 1.84 bits per heavy atom. The largest absolute Gasteiger partial charge is 0.229 e. The molecule has 2 rings (SSSR count). The van der Waals surface area contributed by atoms with Gasteiger partial charge in [-0.25, -0.2) is 8.42 Å². The Balaban J connectivity index is 2.10. The highest BCUT2D eigenvalue weighted by Gasteiger charge is 2.33. The molecule has 0 spiro atoms. The van der Waals surface area contributed by atoms with Gasteiger partial charge in [-0.1, -0.05) is 38.1 Å². The second kappa shape index (κ2) is 5.84. The van der Waals surface area contributed by atoms with Crippen LogP contribution in [0.1, 0.15) is 49.1 Å². The van der Waals surface area contributed by atoms with Crippen molar-refractivity contribution < 1.29 is 8.42 Å². The number of benzene rings is 1. The third-order valence-corrected chi connectivity index (χ3v) is 6.52. The third-order valence-electron chi connectivity index (χ3n) is 4.12. The minimum atomic E-state index is -2.86. The Morgan fingerprint density at radius 1 is 1.26 bits per heavy atom. The maximum atomic E-state index is 11.5. The molecule has 3 unspecified atom stereocenters. The minimum absolute atomic E-state index is 0.0566. The summed E-state index contributed by atoms with van der Waals surface area (Å²) in [4.78, 5) is 0. The van der Waals surface area contributed by atoms with Crippen LogP contribution in [0.25, 0.3) is 0 Å². The van der Waals surface area contributed by atoms with Gasteiger partial charge in [0.05, 0.1) is 16.9 Å². The summed E-state index contributed by atoms with van der Waals surface area (Å²) in [5.74, 6) is 1.12. The van der Waals surface area contributed by atoms with Crippen LogP contribution in [0.3, 0.4) is 0 Å². The van der Waals surface area contributed by atoms with Crippen LogP contribution in [0, 0.1) is 5.92 Å². The summed E-state index contributed by atoms with van der Waals surface area (Å²) in [6, 6.07) is 8.32. The fourth-order valence-corrected chi connectivity index (χ4v) is 4.88. The van der Waals surface area contributed by atoms with Gasteiger partial charge in [0.2, 0.25) is 0 Å². The number of sulfone groups is 1. The highest BCUT2D eigenvalue weighted by Crippen LogP contribution is 2.36. The maximum absolute atomic E-state index is 11.5. The van der Waals surface area contributed by atoms with Gasteiger partial charge in [-0.3, -0.25) is 0 Å². The van der Waals surface area contributed by atoms with Gasteiger partial charge in [0.1, 0.15) is 0 Å². The quantitative estimate of drug-likeness (QED) is 0.790. The predicted octanol–water partition coefficient (Wildman–Crippen LogP) is 3.91. The molecule has 1 fully saturated rings. The van der Waals surface area contributed by atoms with Crippen molar-refractivity contribution in [3.63, 3.8) is 0 Å². The first kappa shape index (κ1) is 14.9. The first-order valence-electron chi connectivity index (χ1n) is 6.87. The summed E-state index contributed by atoms with van der Waals surface area (Å²) in [7, 11) is -2.86. The third kappa shape index (κ3) is 3.51. The second-order valence-corrected chi connectivity index (χ2v) is 8.24. The van der Waals surface area contributed by atoms with Gasteiger partial charge in [-0.2, -0.15) is 0 Å². The van der Waals surface area contributed by atoms with E-state index in [2.05, 4.69) is 26.0 Å². The van der Waals surface area contributed by atoms with E-state index in [9.17, 15) is 8.42 Å². The summed E-state index contributed by atoms with van der Waals surface area (Å²) in [5.41, 5.74) is 2.35. The molecule has 1 heterocycles. The van der Waals surface area contributed by atoms with Crippen molar-refractivity contribution in [1.29, 1.82) is 0 Å². The molecule has 2 nitrogen and oxygen atoms in total. The van der Waals surface area contributed by atoms with Crippen LogP contribution < -0.4 is 0 Å². The first-order chi connectivity index (χ1) is 8.93. The van der Waals surface area contributed by atoms with Crippen molar-refractivity contribution in [3.05, 3.63) is 35.4 Å². The number of halogens is 1. The molecular weight excluding hydrogens is 280 g/mol. The molecule has 0 bridgehead atoms. The van der Waals surface area contributed by atoms with Crippen molar-refractivity contribution in [1.82, 2.24) is 0 Å². The lowest BCUT2D eigenvalue weighted by Gasteiger charge is -2.17. The van der Waals surface area contributed by atoms with E-state index in [1.807, 2.05) is 12.1 Å². The van der Waals surface area contributed by atoms with Crippen molar-refractivity contribution >= 4 is 21.4 Å². The molecule has 1 aromatic rings. The molecule has 0 aliphatic carbocycles. The van der Waals surface area contributed by atoms with E-state index in [1.165, 1.54) is 5.56 Å². The van der Waals surface area contributed by atoms with Crippen molar-refractivity contribution in [2.24, 2.45) is 5.92 Å². The average Bonchev–Trinajstić information content (AvgIpc) is 2.77. The zero-order valence-corrected chi connectivity index (χ0v) is 13.0. The first-order valence-corrected chi connectivity index (χ1v) is 9.13. The van der Waals surface area contributed by atoms with Crippen LogP contribution in [-0.2, 0) is 9.84 Å². The molecule has 106 valence electrons. The highest BCUT2D eigenvalue weighted by molar-refractivity contribution is 7.91. The van der Waals surface area contributed by atoms with Crippen LogP contribution >= 0.6 is 11.6 Å². The van der Waals surface area contributed by atoms with E-state index < -0.39 is 9.84 Å². The molecule has 0 aromatic heterocycles. The van der Waals surface area contributed by atoms with Gasteiger partial charge in [-0.15, -0.1) is 11.6 Å². The van der Waals surface area contributed by atoms with E-state index >= 15 is 0 Å². The summed E-state index contributed by atoms with van der Waals surface area (Å²) in [6.07, 6.45) is 1.80. The smallest absolute Gasteiger partial charge is 0.150 e. The predicted molar refractivity (Wildman–Crippen MR) is 80.5 cm³/mol. The van der Waals surface area contributed by atoms with Crippen molar-refractivity contribution in [3.8, 4) is 0 Å². The molecule has 1 saturated heterocycles. The lowest BCUT2D eigenvalue weighted by atomic mass is 9.94. The van der Waals surface area contributed by atoms with Crippen LogP contribution in [0.2, 0.25) is 0 Å². The molecule has 19 heavy (non-hydrogen) atoms. The lowest BCUT2D eigenvalue weighted by Crippen LogP contribution is -2.10. The van der Waals surface area contributed by atoms with Gasteiger partial charge in [0.25, 0.3) is 0 Å². The topological polar surface area (TPSA) is 34.1 Å². The Bertz CT molecular complexity index is 522. The molecule has 0 amide bonds. The van der Waals surface area contributed by atoms with Crippen LogP contribution in [0.15, 0.2) is 24.3 Å². The van der Waals surface area contributed by atoms with E-state index in [0.29, 0.717) is 12.3 Å². The monoisotopic (exact) mass is 300 g/mol. The Labute approximate surface area is 121 Å². The number of alkyl halides is 1. The standard InChI is InChI=1S/C15H21ClO2S/c1-3-11(2)12-4-6-13(7-5-12)15(16)14-8-9-19(17,18)10-14/h4-7,11,14-15H,3,8-10H2,1-2H3. The summed E-state index contributed by atoms with van der Waals surface area (Å²) in [6.45, 7) is 4.38. The zero-order chi connectivity index (χ0) is 14.0. The molecule has 0 radical (unpaired) electrons. The van der Waals surface area contributed by atoms with E-state index in [4.69, 9.17) is 11.6 Å². The fourth-order valence-electron chi connectivity index (χ4n) is 2.57. The Kier molecular flexibility index (Phi) is 4.57. The molecule has 4 heteroatoms. The van der Waals surface area contributed by atoms with E-state index in [1.54, 1.807) is 0 Å². The molecular formula is C15H21ClO2S. The molecule has 1 aromatic carbocycles. The normalized spacial score (nSPS) is 25.1. The second-order valence-electron chi connectivity index (χ2n) is 5.54. The number of hydrogen-bond acceptors (Lipinski definition) is 2. The van der Waals surface area contributed by atoms with Crippen LogP contribution in [0.5, 0.6) is 0 Å².